The zero-order chi connectivity index (χ0) is 22.5. The van der Waals surface area contributed by atoms with E-state index < -0.39 is 16.5 Å². The lowest BCUT2D eigenvalue weighted by Crippen LogP contribution is -2.14. The summed E-state index contributed by atoms with van der Waals surface area (Å²) < 4.78 is 15.9. The highest BCUT2D eigenvalue weighted by Crippen LogP contribution is 2.35. The van der Waals surface area contributed by atoms with Crippen molar-refractivity contribution in [1.82, 2.24) is 9.97 Å². The minimum absolute atomic E-state index is 0.154. The summed E-state index contributed by atoms with van der Waals surface area (Å²) in [6, 6.07) is 10.9. The fourth-order valence-corrected chi connectivity index (χ4v) is 2.85. The van der Waals surface area contributed by atoms with Gasteiger partial charge in [-0.15, -0.1) is 0 Å². The molecule has 0 radical (unpaired) electrons. The minimum atomic E-state index is -0.668. The lowest BCUT2D eigenvalue weighted by Gasteiger charge is -2.11. The van der Waals surface area contributed by atoms with Crippen LogP contribution in [-0.4, -0.2) is 35.0 Å². The van der Waals surface area contributed by atoms with E-state index >= 15 is 0 Å². The number of aromatic nitrogens is 2. The monoisotopic (exact) mass is 424 g/mol. The smallest absolute Gasteiger partial charge is 0.322 e. The van der Waals surface area contributed by atoms with Crippen LogP contribution in [0, 0.1) is 24.0 Å². The van der Waals surface area contributed by atoms with Crippen LogP contribution in [0.5, 0.6) is 23.3 Å². The third-order valence-electron chi connectivity index (χ3n) is 4.23. The van der Waals surface area contributed by atoms with Gasteiger partial charge >= 0.3 is 6.01 Å². The molecule has 0 aliphatic rings. The summed E-state index contributed by atoms with van der Waals surface area (Å²) in [6.45, 7) is 3.68. The molecule has 1 aromatic heterocycles. The molecule has 0 saturated carbocycles. The van der Waals surface area contributed by atoms with Gasteiger partial charge in [-0.05, 0) is 44.2 Å². The molecule has 0 fully saturated rings. The van der Waals surface area contributed by atoms with Crippen molar-refractivity contribution in [2.75, 3.05) is 19.5 Å². The fraction of sp³-hybridized carbons (Fsp3) is 0.190. The Morgan fingerprint density at radius 2 is 1.55 bits per heavy atom. The molecule has 31 heavy (non-hydrogen) atoms. The third-order valence-corrected chi connectivity index (χ3v) is 4.23. The van der Waals surface area contributed by atoms with Gasteiger partial charge in [0.1, 0.15) is 11.3 Å². The normalized spacial score (nSPS) is 10.3. The Kier molecular flexibility index (Phi) is 6.29. The van der Waals surface area contributed by atoms with E-state index in [1.54, 1.807) is 24.3 Å². The van der Waals surface area contributed by atoms with E-state index in [9.17, 15) is 14.9 Å². The van der Waals surface area contributed by atoms with Crippen molar-refractivity contribution in [2.45, 2.75) is 13.8 Å². The average molecular weight is 424 g/mol. The first-order chi connectivity index (χ1) is 14.8. The van der Waals surface area contributed by atoms with Crippen LogP contribution in [0.15, 0.2) is 42.5 Å². The number of nitro groups is 1. The van der Waals surface area contributed by atoms with Crippen molar-refractivity contribution < 1.29 is 23.9 Å². The van der Waals surface area contributed by atoms with Gasteiger partial charge in [0.05, 0.1) is 25.2 Å². The first kappa shape index (κ1) is 21.5. The Morgan fingerprint density at radius 3 is 2.10 bits per heavy atom. The van der Waals surface area contributed by atoms with Crippen molar-refractivity contribution in [3.05, 3.63) is 69.5 Å². The van der Waals surface area contributed by atoms with E-state index in [2.05, 4.69) is 15.3 Å². The molecule has 1 N–H and O–H groups in total. The van der Waals surface area contributed by atoms with E-state index in [1.807, 2.05) is 19.9 Å². The fourth-order valence-electron chi connectivity index (χ4n) is 2.85. The van der Waals surface area contributed by atoms with Gasteiger partial charge in [-0.2, -0.15) is 0 Å². The quantitative estimate of drug-likeness (QED) is 0.444. The molecular formula is C21H20N4O6. The standard InChI is InChI=1S/C21H20N4O6/c1-12-9-13(2)23-21(22-12)31-15-7-5-14(6-8-15)24-20(26)16-10-18(29-3)19(30-4)11-17(16)25(27)28/h5-11H,1-4H3,(H,24,26). The third kappa shape index (κ3) is 5.04. The van der Waals surface area contributed by atoms with Gasteiger partial charge in [0.2, 0.25) is 0 Å². The number of aryl methyl sites for hydroxylation is 2. The predicted octanol–water partition coefficient (Wildman–Crippen LogP) is 4.06. The number of nitro benzene ring substituents is 1. The average Bonchev–Trinajstić information content (AvgIpc) is 2.73. The molecule has 0 atom stereocenters. The maximum absolute atomic E-state index is 12.7. The predicted molar refractivity (Wildman–Crippen MR) is 112 cm³/mol. The van der Waals surface area contributed by atoms with Gasteiger partial charge in [-0.1, -0.05) is 0 Å². The van der Waals surface area contributed by atoms with Crippen molar-refractivity contribution >= 4 is 17.3 Å². The van der Waals surface area contributed by atoms with Crippen LogP contribution in [-0.2, 0) is 0 Å². The molecule has 3 rings (SSSR count). The lowest BCUT2D eigenvalue weighted by molar-refractivity contribution is -0.385. The number of carbonyl (C=O) groups is 1. The number of amides is 1. The Morgan fingerprint density at radius 1 is 0.968 bits per heavy atom. The Labute approximate surface area is 178 Å². The zero-order valence-electron chi connectivity index (χ0n) is 17.3. The first-order valence-corrected chi connectivity index (χ1v) is 9.12. The SMILES string of the molecule is COc1cc(C(=O)Nc2ccc(Oc3nc(C)cc(C)n3)cc2)c([N+](=O)[O-])cc1OC. The molecule has 160 valence electrons. The van der Waals surface area contributed by atoms with Crippen LogP contribution < -0.4 is 19.5 Å². The molecule has 0 unspecified atom stereocenters. The summed E-state index contributed by atoms with van der Waals surface area (Å²) in [5, 5.41) is 14.0. The molecular weight excluding hydrogens is 404 g/mol. The van der Waals surface area contributed by atoms with Gasteiger partial charge in [-0.3, -0.25) is 14.9 Å². The molecule has 0 saturated heterocycles. The molecule has 0 aliphatic heterocycles. The van der Waals surface area contributed by atoms with Gasteiger partial charge in [0, 0.05) is 23.1 Å². The second-order valence-electron chi connectivity index (χ2n) is 6.50. The van der Waals surface area contributed by atoms with Crippen LogP contribution >= 0.6 is 0 Å². The van der Waals surface area contributed by atoms with Crippen LogP contribution in [0.3, 0.4) is 0 Å². The maximum atomic E-state index is 12.7. The molecule has 10 nitrogen and oxygen atoms in total. The highest BCUT2D eigenvalue weighted by molar-refractivity contribution is 6.07. The van der Waals surface area contributed by atoms with E-state index in [1.165, 1.54) is 20.3 Å². The lowest BCUT2D eigenvalue weighted by atomic mass is 10.1. The van der Waals surface area contributed by atoms with E-state index in [0.29, 0.717) is 11.4 Å². The number of methoxy groups -OCH3 is 2. The van der Waals surface area contributed by atoms with Crippen LogP contribution in [0.1, 0.15) is 21.7 Å². The number of nitrogens with zero attached hydrogens (tertiary/aromatic N) is 3. The van der Waals surface area contributed by atoms with E-state index in [4.69, 9.17) is 14.2 Å². The van der Waals surface area contributed by atoms with Crippen LogP contribution in [0.2, 0.25) is 0 Å². The van der Waals surface area contributed by atoms with Crippen molar-refractivity contribution in [1.29, 1.82) is 0 Å². The second kappa shape index (κ2) is 9.08. The Balaban J connectivity index is 1.80. The summed E-state index contributed by atoms with van der Waals surface area (Å²) in [5.41, 5.74) is 1.42. The van der Waals surface area contributed by atoms with Crippen molar-refractivity contribution in [2.24, 2.45) is 0 Å². The number of nitrogens with one attached hydrogen (secondary N) is 1. The summed E-state index contributed by atoms with van der Waals surface area (Å²) in [6.07, 6.45) is 0. The van der Waals surface area contributed by atoms with Crippen LogP contribution in [0.25, 0.3) is 0 Å². The highest BCUT2D eigenvalue weighted by atomic mass is 16.6. The molecule has 0 bridgehead atoms. The topological polar surface area (TPSA) is 126 Å². The summed E-state index contributed by atoms with van der Waals surface area (Å²) >= 11 is 0. The van der Waals surface area contributed by atoms with E-state index in [0.717, 1.165) is 17.5 Å². The Bertz CT molecular complexity index is 1110. The zero-order valence-corrected chi connectivity index (χ0v) is 17.3. The number of ether oxygens (including phenoxy) is 3. The Hall–Kier alpha value is -4.21. The summed E-state index contributed by atoms with van der Waals surface area (Å²) in [7, 11) is 2.73. The number of carbonyl (C=O) groups excluding carboxylic acids is 1. The van der Waals surface area contributed by atoms with Gasteiger partial charge in [-0.25, -0.2) is 9.97 Å². The molecule has 0 aliphatic carbocycles. The molecule has 1 heterocycles. The van der Waals surface area contributed by atoms with Crippen molar-refractivity contribution in [3.8, 4) is 23.3 Å². The van der Waals surface area contributed by atoms with E-state index in [-0.39, 0.29) is 23.1 Å². The number of hydrogen-bond donors (Lipinski definition) is 1. The second-order valence-corrected chi connectivity index (χ2v) is 6.50. The van der Waals surface area contributed by atoms with Crippen molar-refractivity contribution in [3.63, 3.8) is 0 Å². The molecule has 0 spiro atoms. The molecule has 1 amide bonds. The van der Waals surface area contributed by atoms with Gasteiger partial charge in [0.25, 0.3) is 11.6 Å². The highest BCUT2D eigenvalue weighted by Gasteiger charge is 2.24. The number of hydrogen-bond acceptors (Lipinski definition) is 8. The number of benzene rings is 2. The molecule has 10 heteroatoms. The van der Waals surface area contributed by atoms with Gasteiger partial charge in [0.15, 0.2) is 11.5 Å². The number of anilines is 1. The van der Waals surface area contributed by atoms with Crippen LogP contribution in [0.4, 0.5) is 11.4 Å². The number of rotatable bonds is 7. The molecule has 2 aromatic carbocycles. The van der Waals surface area contributed by atoms with Gasteiger partial charge < -0.3 is 19.5 Å². The minimum Gasteiger partial charge on any atom is -0.493 e. The summed E-state index contributed by atoms with van der Waals surface area (Å²) in [4.78, 5) is 31.9. The first-order valence-electron chi connectivity index (χ1n) is 9.12. The largest absolute Gasteiger partial charge is 0.493 e. The summed E-state index contributed by atoms with van der Waals surface area (Å²) in [5.74, 6) is 0.162. The maximum Gasteiger partial charge on any atom is 0.322 e. The molecule has 3 aromatic rings.